The Morgan fingerprint density at radius 3 is 2.93 bits per heavy atom. The van der Waals surface area contributed by atoms with Crippen molar-refractivity contribution in [2.24, 2.45) is 5.73 Å². The highest BCUT2D eigenvalue weighted by atomic mass is 14.6. The van der Waals surface area contributed by atoms with Gasteiger partial charge in [0.15, 0.2) is 0 Å². The van der Waals surface area contributed by atoms with E-state index in [9.17, 15) is 0 Å². The van der Waals surface area contributed by atoms with Gasteiger partial charge in [0.1, 0.15) is 0 Å². The fourth-order valence-electron chi connectivity index (χ4n) is 2.61. The van der Waals surface area contributed by atoms with E-state index in [4.69, 9.17) is 5.73 Å². The van der Waals surface area contributed by atoms with Crippen LogP contribution in [0.1, 0.15) is 42.4 Å². The molecule has 0 heterocycles. The molecule has 1 aliphatic carbocycles. The van der Waals surface area contributed by atoms with Crippen molar-refractivity contribution in [1.29, 1.82) is 0 Å². The number of fused-ring (bicyclic) bond motifs is 1. The van der Waals surface area contributed by atoms with Crippen LogP contribution < -0.4 is 5.73 Å². The Balaban J connectivity index is 2.44. The van der Waals surface area contributed by atoms with Crippen molar-refractivity contribution in [3.05, 3.63) is 34.9 Å². The minimum atomic E-state index is 0.288. The van der Waals surface area contributed by atoms with Gasteiger partial charge < -0.3 is 5.73 Å². The highest BCUT2D eigenvalue weighted by Gasteiger charge is 2.23. The van der Waals surface area contributed by atoms with Crippen molar-refractivity contribution in [3.63, 3.8) is 0 Å². The maximum atomic E-state index is 6.03. The fraction of sp³-hybridized carbons (Fsp3) is 0.538. The molecular weight excluding hydrogens is 170 g/mol. The Hall–Kier alpha value is -0.820. The van der Waals surface area contributed by atoms with E-state index < -0.39 is 0 Å². The molecule has 1 aromatic rings. The summed E-state index contributed by atoms with van der Waals surface area (Å²) in [7, 11) is 0. The molecule has 1 aliphatic rings. The smallest absolute Gasteiger partial charge is 0.00794 e. The first kappa shape index (κ1) is 9.72. The van der Waals surface area contributed by atoms with E-state index in [2.05, 4.69) is 32.0 Å². The minimum absolute atomic E-state index is 0.288. The third-order valence-corrected chi connectivity index (χ3v) is 3.42. The van der Waals surface area contributed by atoms with Crippen molar-refractivity contribution in [2.45, 2.75) is 45.1 Å². The van der Waals surface area contributed by atoms with Gasteiger partial charge >= 0.3 is 0 Å². The van der Waals surface area contributed by atoms with Crippen molar-refractivity contribution in [1.82, 2.24) is 0 Å². The molecule has 0 bridgehead atoms. The van der Waals surface area contributed by atoms with Crippen molar-refractivity contribution in [2.75, 3.05) is 0 Å². The van der Waals surface area contributed by atoms with Crippen molar-refractivity contribution < 1.29 is 0 Å². The fourth-order valence-corrected chi connectivity index (χ4v) is 2.61. The molecule has 0 amide bonds. The van der Waals surface area contributed by atoms with Gasteiger partial charge in [0.2, 0.25) is 0 Å². The average Bonchev–Trinajstić information content (AvgIpc) is 2.17. The number of hydrogen-bond acceptors (Lipinski definition) is 1. The number of aryl methyl sites for hydroxylation is 1. The Bertz CT molecular complexity index is 328. The Kier molecular flexibility index (Phi) is 2.60. The van der Waals surface area contributed by atoms with E-state index in [-0.39, 0.29) is 6.04 Å². The zero-order valence-electron chi connectivity index (χ0n) is 9.09. The third-order valence-electron chi connectivity index (χ3n) is 3.42. The van der Waals surface area contributed by atoms with E-state index in [0.29, 0.717) is 5.92 Å². The molecule has 1 aromatic carbocycles. The second kappa shape index (κ2) is 3.74. The summed E-state index contributed by atoms with van der Waals surface area (Å²) in [4.78, 5) is 0. The van der Waals surface area contributed by atoms with Crippen molar-refractivity contribution in [3.8, 4) is 0 Å². The summed E-state index contributed by atoms with van der Waals surface area (Å²) in [5.41, 5.74) is 10.5. The van der Waals surface area contributed by atoms with Crippen LogP contribution >= 0.6 is 0 Å². The molecular formula is C13H19N. The van der Waals surface area contributed by atoms with E-state index >= 15 is 0 Å². The SMILES string of the molecule is Cc1cccc2c1CCCC2C(C)N. The quantitative estimate of drug-likeness (QED) is 0.722. The van der Waals surface area contributed by atoms with Crippen LogP contribution in [0.15, 0.2) is 18.2 Å². The highest BCUT2D eigenvalue weighted by molar-refractivity contribution is 5.39. The molecule has 76 valence electrons. The second-order valence-electron chi connectivity index (χ2n) is 4.50. The van der Waals surface area contributed by atoms with Crippen LogP contribution in [0, 0.1) is 6.92 Å². The molecule has 2 rings (SSSR count). The maximum absolute atomic E-state index is 6.03. The van der Waals surface area contributed by atoms with Crippen LogP contribution in [0.3, 0.4) is 0 Å². The van der Waals surface area contributed by atoms with Gasteiger partial charge in [-0.05, 0) is 55.7 Å². The predicted octanol–water partition coefficient (Wildman–Crippen LogP) is 2.76. The Morgan fingerprint density at radius 2 is 2.21 bits per heavy atom. The monoisotopic (exact) mass is 189 g/mol. The van der Waals surface area contributed by atoms with Gasteiger partial charge in [-0.15, -0.1) is 0 Å². The number of nitrogens with two attached hydrogens (primary N) is 1. The van der Waals surface area contributed by atoms with Gasteiger partial charge in [-0.3, -0.25) is 0 Å². The molecule has 1 nitrogen and oxygen atoms in total. The molecule has 0 fully saturated rings. The highest BCUT2D eigenvalue weighted by Crippen LogP contribution is 2.34. The van der Waals surface area contributed by atoms with Gasteiger partial charge in [0.25, 0.3) is 0 Å². The van der Waals surface area contributed by atoms with Crippen LogP contribution in [0.25, 0.3) is 0 Å². The lowest BCUT2D eigenvalue weighted by molar-refractivity contribution is 0.484. The summed E-state index contributed by atoms with van der Waals surface area (Å²) >= 11 is 0. The molecule has 0 aromatic heterocycles. The first-order valence-corrected chi connectivity index (χ1v) is 5.54. The molecule has 0 radical (unpaired) electrons. The molecule has 2 atom stereocenters. The zero-order valence-corrected chi connectivity index (χ0v) is 9.09. The number of rotatable bonds is 1. The van der Waals surface area contributed by atoms with E-state index in [1.165, 1.54) is 30.4 Å². The van der Waals surface area contributed by atoms with Gasteiger partial charge in [0, 0.05) is 6.04 Å². The summed E-state index contributed by atoms with van der Waals surface area (Å²) in [6.07, 6.45) is 3.80. The summed E-state index contributed by atoms with van der Waals surface area (Å²) in [5.74, 6) is 0.582. The van der Waals surface area contributed by atoms with Gasteiger partial charge in [-0.2, -0.15) is 0 Å². The molecule has 0 saturated carbocycles. The second-order valence-corrected chi connectivity index (χ2v) is 4.50. The topological polar surface area (TPSA) is 26.0 Å². The predicted molar refractivity (Wildman–Crippen MR) is 60.5 cm³/mol. The molecule has 0 saturated heterocycles. The minimum Gasteiger partial charge on any atom is -0.327 e. The van der Waals surface area contributed by atoms with Crippen LogP contribution in [-0.4, -0.2) is 6.04 Å². The lowest BCUT2D eigenvalue weighted by atomic mass is 9.78. The van der Waals surface area contributed by atoms with E-state index in [0.717, 1.165) is 0 Å². The third kappa shape index (κ3) is 1.57. The van der Waals surface area contributed by atoms with Crippen LogP contribution in [0.5, 0.6) is 0 Å². The lowest BCUT2D eigenvalue weighted by Gasteiger charge is -2.29. The first-order chi connectivity index (χ1) is 6.70. The van der Waals surface area contributed by atoms with Gasteiger partial charge in [-0.1, -0.05) is 18.2 Å². The normalized spacial score (nSPS) is 22.9. The van der Waals surface area contributed by atoms with E-state index in [1.807, 2.05) is 0 Å². The first-order valence-electron chi connectivity index (χ1n) is 5.54. The standard InChI is InChI=1S/C13H19N/c1-9-5-3-8-13-11(9)6-4-7-12(13)10(2)14/h3,5,8,10,12H,4,6-7,14H2,1-2H3. The maximum Gasteiger partial charge on any atom is 0.00794 e. The van der Waals surface area contributed by atoms with Crippen LogP contribution in [0.2, 0.25) is 0 Å². The van der Waals surface area contributed by atoms with Gasteiger partial charge in [-0.25, -0.2) is 0 Å². The molecule has 2 unspecified atom stereocenters. The van der Waals surface area contributed by atoms with E-state index in [1.54, 1.807) is 5.56 Å². The number of benzene rings is 1. The Labute approximate surface area is 86.3 Å². The largest absolute Gasteiger partial charge is 0.327 e. The van der Waals surface area contributed by atoms with Crippen molar-refractivity contribution >= 4 is 0 Å². The lowest BCUT2D eigenvalue weighted by Crippen LogP contribution is -2.28. The molecule has 0 aliphatic heterocycles. The summed E-state index contributed by atoms with van der Waals surface area (Å²) in [6, 6.07) is 6.92. The average molecular weight is 189 g/mol. The van der Waals surface area contributed by atoms with Crippen LogP contribution in [-0.2, 0) is 6.42 Å². The zero-order chi connectivity index (χ0) is 10.1. The Morgan fingerprint density at radius 1 is 1.43 bits per heavy atom. The molecule has 14 heavy (non-hydrogen) atoms. The van der Waals surface area contributed by atoms with Gasteiger partial charge in [0.05, 0.1) is 0 Å². The molecule has 2 N–H and O–H groups in total. The number of hydrogen-bond donors (Lipinski definition) is 1. The summed E-state index contributed by atoms with van der Waals surface area (Å²) in [5, 5.41) is 0. The summed E-state index contributed by atoms with van der Waals surface area (Å²) in [6.45, 7) is 4.34. The molecule has 1 heteroatoms. The van der Waals surface area contributed by atoms with Crippen LogP contribution in [0.4, 0.5) is 0 Å². The summed E-state index contributed by atoms with van der Waals surface area (Å²) < 4.78 is 0. The molecule has 0 spiro atoms.